The van der Waals surface area contributed by atoms with Crippen LogP contribution in [0.5, 0.6) is 0 Å². The number of hydrogen-bond acceptors (Lipinski definition) is 5. The fourth-order valence-electron chi connectivity index (χ4n) is 0.906. The average molecular weight is 215 g/mol. The van der Waals surface area contributed by atoms with Crippen LogP contribution >= 0.6 is 11.8 Å². The maximum Gasteiger partial charge on any atom is 0.255 e. The van der Waals surface area contributed by atoms with Gasteiger partial charge in [-0.3, -0.25) is 10.2 Å². The lowest BCUT2D eigenvalue weighted by atomic mass is 10.2. The van der Waals surface area contributed by atoms with E-state index in [1.165, 1.54) is 18.0 Å². The Bertz CT molecular complexity index is 276. The van der Waals surface area contributed by atoms with Gasteiger partial charge < -0.3 is 4.42 Å². The number of carbonyl (C=O) groups excluding carboxylic acids is 1. The van der Waals surface area contributed by atoms with Crippen LogP contribution in [0.4, 0.5) is 0 Å². The second-order valence-corrected chi connectivity index (χ2v) is 4.22. The quantitative estimate of drug-likeness (QED) is 0.330. The lowest BCUT2D eigenvalue weighted by Gasteiger charge is -2.06. The van der Waals surface area contributed by atoms with Gasteiger partial charge in [0.05, 0.1) is 6.20 Å². The van der Waals surface area contributed by atoms with Gasteiger partial charge in [0, 0.05) is 11.7 Å². The molecule has 1 amide bonds. The fraction of sp³-hybridized carbons (Fsp3) is 0.500. The third kappa shape index (κ3) is 3.80. The molecule has 0 aliphatic rings. The molecule has 1 aromatic heterocycles. The van der Waals surface area contributed by atoms with Crippen LogP contribution in [-0.2, 0) is 4.79 Å². The summed E-state index contributed by atoms with van der Waals surface area (Å²) in [6.07, 6.45) is 4.30. The molecule has 1 unspecified atom stereocenters. The molecule has 78 valence electrons. The van der Waals surface area contributed by atoms with Crippen molar-refractivity contribution < 1.29 is 9.21 Å². The van der Waals surface area contributed by atoms with E-state index in [1.54, 1.807) is 6.20 Å². The van der Waals surface area contributed by atoms with Gasteiger partial charge in [0.2, 0.25) is 5.91 Å². The SMILES string of the molecule is CC(CCC(=O)NN)Sc1ncco1. The monoisotopic (exact) mass is 215 g/mol. The molecule has 0 aliphatic heterocycles. The Morgan fingerprint density at radius 1 is 1.86 bits per heavy atom. The van der Waals surface area contributed by atoms with Gasteiger partial charge in [-0.05, 0) is 6.42 Å². The summed E-state index contributed by atoms with van der Waals surface area (Å²) in [6.45, 7) is 2.01. The number of thioether (sulfide) groups is 1. The van der Waals surface area contributed by atoms with Crippen molar-refractivity contribution in [3.05, 3.63) is 12.5 Å². The third-order valence-electron chi connectivity index (χ3n) is 1.65. The van der Waals surface area contributed by atoms with E-state index in [-0.39, 0.29) is 11.2 Å². The summed E-state index contributed by atoms with van der Waals surface area (Å²) < 4.78 is 5.06. The van der Waals surface area contributed by atoms with E-state index in [4.69, 9.17) is 10.3 Å². The molecule has 0 radical (unpaired) electrons. The maximum absolute atomic E-state index is 10.8. The van der Waals surface area contributed by atoms with Gasteiger partial charge in [-0.15, -0.1) is 0 Å². The molecule has 0 saturated carbocycles. The van der Waals surface area contributed by atoms with Gasteiger partial charge in [0.25, 0.3) is 5.22 Å². The topological polar surface area (TPSA) is 81.2 Å². The highest BCUT2D eigenvalue weighted by atomic mass is 32.2. The van der Waals surface area contributed by atoms with Crippen molar-refractivity contribution in [3.63, 3.8) is 0 Å². The third-order valence-corrected chi connectivity index (χ3v) is 2.69. The van der Waals surface area contributed by atoms with Crippen molar-refractivity contribution in [2.75, 3.05) is 0 Å². The number of hydrazine groups is 1. The first-order valence-electron chi connectivity index (χ1n) is 4.28. The number of oxazole rings is 1. The predicted molar refractivity (Wildman–Crippen MR) is 53.4 cm³/mol. The van der Waals surface area contributed by atoms with Crippen LogP contribution in [0.3, 0.4) is 0 Å². The van der Waals surface area contributed by atoms with Crippen LogP contribution in [0.15, 0.2) is 22.1 Å². The zero-order chi connectivity index (χ0) is 10.4. The second-order valence-electron chi connectivity index (χ2n) is 2.83. The highest BCUT2D eigenvalue weighted by molar-refractivity contribution is 7.99. The molecule has 0 bridgehead atoms. The van der Waals surface area contributed by atoms with Gasteiger partial charge in [0.1, 0.15) is 6.26 Å². The zero-order valence-corrected chi connectivity index (χ0v) is 8.71. The van der Waals surface area contributed by atoms with E-state index in [1.807, 2.05) is 6.92 Å². The molecule has 0 aromatic carbocycles. The average Bonchev–Trinajstić information content (AvgIpc) is 2.66. The van der Waals surface area contributed by atoms with Gasteiger partial charge in [-0.1, -0.05) is 18.7 Å². The Morgan fingerprint density at radius 2 is 2.64 bits per heavy atom. The number of nitrogens with two attached hydrogens (primary N) is 1. The van der Waals surface area contributed by atoms with Gasteiger partial charge in [-0.2, -0.15) is 0 Å². The van der Waals surface area contributed by atoms with Crippen molar-refractivity contribution in [2.24, 2.45) is 5.84 Å². The van der Waals surface area contributed by atoms with Gasteiger partial charge in [-0.25, -0.2) is 10.8 Å². The smallest absolute Gasteiger partial charge is 0.255 e. The minimum Gasteiger partial charge on any atom is -0.440 e. The first-order valence-corrected chi connectivity index (χ1v) is 5.16. The molecular formula is C8H13N3O2S. The lowest BCUT2D eigenvalue weighted by Crippen LogP contribution is -2.30. The summed E-state index contributed by atoms with van der Waals surface area (Å²) in [5.74, 6) is 4.81. The summed E-state index contributed by atoms with van der Waals surface area (Å²) in [4.78, 5) is 14.8. The standard InChI is InChI=1S/C8H13N3O2S/c1-6(2-3-7(12)11-9)14-8-10-4-5-13-8/h4-6H,2-3,9H2,1H3,(H,11,12). The number of aromatic nitrogens is 1. The highest BCUT2D eigenvalue weighted by Gasteiger charge is 2.09. The van der Waals surface area contributed by atoms with Crippen LogP contribution in [0.1, 0.15) is 19.8 Å². The fourth-order valence-corrected chi connectivity index (χ4v) is 1.72. The second kappa shape index (κ2) is 5.66. The number of amides is 1. The van der Waals surface area contributed by atoms with Gasteiger partial charge >= 0.3 is 0 Å². The predicted octanol–water partition coefficient (Wildman–Crippen LogP) is 0.925. The van der Waals surface area contributed by atoms with E-state index >= 15 is 0 Å². The lowest BCUT2D eigenvalue weighted by molar-refractivity contribution is -0.121. The highest BCUT2D eigenvalue weighted by Crippen LogP contribution is 2.23. The normalized spacial score (nSPS) is 12.4. The van der Waals surface area contributed by atoms with Gasteiger partial charge in [0.15, 0.2) is 0 Å². The Hall–Kier alpha value is -1.01. The molecule has 1 atom stereocenters. The Kier molecular flexibility index (Phi) is 4.48. The molecule has 1 aromatic rings. The number of rotatable bonds is 5. The Balaban J connectivity index is 2.22. The summed E-state index contributed by atoms with van der Waals surface area (Å²) >= 11 is 1.50. The summed E-state index contributed by atoms with van der Waals surface area (Å²) in [5.41, 5.74) is 2.09. The van der Waals surface area contributed by atoms with E-state index in [0.717, 1.165) is 6.42 Å². The van der Waals surface area contributed by atoms with E-state index in [9.17, 15) is 4.79 Å². The van der Waals surface area contributed by atoms with Crippen LogP contribution in [0.2, 0.25) is 0 Å². The molecule has 6 heteroatoms. The molecule has 0 spiro atoms. The van der Waals surface area contributed by atoms with Crippen molar-refractivity contribution in [3.8, 4) is 0 Å². The number of nitrogens with one attached hydrogen (secondary N) is 1. The van der Waals surface area contributed by atoms with Crippen molar-refractivity contribution in [2.45, 2.75) is 30.2 Å². The largest absolute Gasteiger partial charge is 0.440 e. The summed E-state index contributed by atoms with van der Waals surface area (Å²) in [5, 5.41) is 0.914. The molecule has 0 fully saturated rings. The molecule has 0 saturated heterocycles. The molecule has 14 heavy (non-hydrogen) atoms. The van der Waals surface area contributed by atoms with Crippen molar-refractivity contribution >= 4 is 17.7 Å². The Morgan fingerprint density at radius 3 is 3.21 bits per heavy atom. The number of carbonyl (C=O) groups is 1. The van der Waals surface area contributed by atoms with Crippen molar-refractivity contribution in [1.29, 1.82) is 0 Å². The molecule has 5 nitrogen and oxygen atoms in total. The summed E-state index contributed by atoms with van der Waals surface area (Å²) in [7, 11) is 0. The van der Waals surface area contributed by atoms with E-state index < -0.39 is 0 Å². The number of hydrogen-bond donors (Lipinski definition) is 2. The molecule has 3 N–H and O–H groups in total. The molecular weight excluding hydrogens is 202 g/mol. The number of nitrogens with zero attached hydrogens (tertiary/aromatic N) is 1. The maximum atomic E-state index is 10.8. The van der Waals surface area contributed by atoms with Crippen LogP contribution < -0.4 is 11.3 Å². The minimum absolute atomic E-state index is 0.148. The minimum atomic E-state index is -0.148. The van der Waals surface area contributed by atoms with Crippen molar-refractivity contribution in [1.82, 2.24) is 10.4 Å². The summed E-state index contributed by atoms with van der Waals surface area (Å²) in [6, 6.07) is 0. The van der Waals surface area contributed by atoms with Crippen LogP contribution in [-0.4, -0.2) is 16.1 Å². The molecule has 1 heterocycles. The molecule has 0 aliphatic carbocycles. The first-order chi connectivity index (χ1) is 6.72. The van der Waals surface area contributed by atoms with E-state index in [0.29, 0.717) is 11.6 Å². The van der Waals surface area contributed by atoms with Crippen LogP contribution in [0.25, 0.3) is 0 Å². The first kappa shape index (κ1) is 11.1. The van der Waals surface area contributed by atoms with E-state index in [2.05, 4.69) is 10.4 Å². The molecule has 1 rings (SSSR count). The Labute approximate surface area is 86.4 Å². The zero-order valence-electron chi connectivity index (χ0n) is 7.90. The van der Waals surface area contributed by atoms with Crippen LogP contribution in [0, 0.1) is 0 Å².